The largest absolute Gasteiger partial charge is 0.364 e. The number of carbonyl (C=O) groups is 1. The maximum absolute atomic E-state index is 10.1. The zero-order valence-electron chi connectivity index (χ0n) is 5.20. The molecule has 0 saturated carbocycles. The smallest absolute Gasteiger partial charge is 0.272 e. The highest BCUT2D eigenvalue weighted by Crippen LogP contribution is 1.68. The number of amides is 1. The third-order valence-electron chi connectivity index (χ3n) is 0.493. The molecule has 3 N–H and O–H groups in total. The van der Waals surface area contributed by atoms with Gasteiger partial charge >= 0.3 is 0 Å². The van der Waals surface area contributed by atoms with Crippen LogP contribution in [0.4, 0.5) is 0 Å². The molecule has 0 heterocycles. The third-order valence-corrected chi connectivity index (χ3v) is 0.493. The monoisotopic (exact) mass is 146 g/mol. The summed E-state index contributed by atoms with van der Waals surface area (Å²) in [6.45, 7) is 1.17. The number of nitrogens with zero attached hydrogens (tertiary/aromatic N) is 2. The van der Waals surface area contributed by atoms with E-state index in [1.54, 1.807) is 0 Å². The van der Waals surface area contributed by atoms with Crippen molar-refractivity contribution in [1.82, 2.24) is 5.32 Å². The summed E-state index contributed by atoms with van der Waals surface area (Å²) in [5.74, 6) is -1.01. The summed E-state index contributed by atoms with van der Waals surface area (Å²) < 4.78 is 0. The van der Waals surface area contributed by atoms with E-state index in [-0.39, 0.29) is 0 Å². The first kappa shape index (κ1) is 8.34. The molecule has 0 spiro atoms. The van der Waals surface area contributed by atoms with Crippen molar-refractivity contribution < 1.29 is 9.83 Å². The standard InChI is InChI=1S/C3H6N4O3/c1-2(8)5-3(4)6-7(9)10/h1H3,(H3,4,5,6,8). The van der Waals surface area contributed by atoms with E-state index >= 15 is 0 Å². The van der Waals surface area contributed by atoms with Gasteiger partial charge in [-0.15, -0.1) is 0 Å². The van der Waals surface area contributed by atoms with Crippen molar-refractivity contribution in [1.29, 1.82) is 0 Å². The van der Waals surface area contributed by atoms with E-state index in [4.69, 9.17) is 5.73 Å². The fraction of sp³-hybridized carbons (Fsp3) is 0.333. The van der Waals surface area contributed by atoms with E-state index in [1.165, 1.54) is 6.92 Å². The number of carbonyl (C=O) groups excluding carboxylic acids is 1. The summed E-state index contributed by atoms with van der Waals surface area (Å²) >= 11 is 0. The van der Waals surface area contributed by atoms with Crippen LogP contribution in [0.2, 0.25) is 0 Å². The first-order chi connectivity index (χ1) is 4.52. The molecule has 1 amide bonds. The van der Waals surface area contributed by atoms with Crippen LogP contribution < -0.4 is 11.1 Å². The van der Waals surface area contributed by atoms with Crippen LogP contribution in [0, 0.1) is 10.1 Å². The van der Waals surface area contributed by atoms with E-state index in [2.05, 4.69) is 5.10 Å². The molecule has 0 aromatic rings. The van der Waals surface area contributed by atoms with E-state index < -0.39 is 16.9 Å². The normalized spacial score (nSPS) is 10.7. The highest BCUT2D eigenvalue weighted by Gasteiger charge is 1.99. The molecular formula is C3H6N4O3. The number of hydrazone groups is 1. The van der Waals surface area contributed by atoms with Crippen molar-refractivity contribution in [2.24, 2.45) is 10.8 Å². The van der Waals surface area contributed by atoms with Crippen LogP contribution in [-0.4, -0.2) is 16.9 Å². The second kappa shape index (κ2) is 3.38. The number of hydrogen-bond donors (Lipinski definition) is 2. The lowest BCUT2D eigenvalue weighted by molar-refractivity contribution is -0.485. The van der Waals surface area contributed by atoms with Gasteiger partial charge in [0.05, 0.1) is 0 Å². The number of hydrogen-bond acceptors (Lipinski definition) is 3. The molecule has 7 heteroatoms. The molecule has 0 fully saturated rings. The minimum atomic E-state index is -0.995. The minimum absolute atomic E-state index is 0.497. The molecule has 0 aliphatic carbocycles. The Morgan fingerprint density at radius 1 is 1.80 bits per heavy atom. The van der Waals surface area contributed by atoms with Gasteiger partial charge in [-0.1, -0.05) is 0 Å². The third kappa shape index (κ3) is 4.50. The van der Waals surface area contributed by atoms with Gasteiger partial charge in [-0.05, 0) is 0 Å². The number of rotatable bonds is 1. The predicted molar refractivity (Wildman–Crippen MR) is 32.4 cm³/mol. The maximum atomic E-state index is 10.1. The van der Waals surface area contributed by atoms with E-state index in [9.17, 15) is 14.9 Å². The van der Waals surface area contributed by atoms with Crippen LogP contribution in [0.3, 0.4) is 0 Å². The van der Waals surface area contributed by atoms with Crippen LogP contribution in [0.1, 0.15) is 6.92 Å². The Hall–Kier alpha value is -1.66. The number of nitro groups is 1. The van der Waals surface area contributed by atoms with E-state index in [0.29, 0.717) is 0 Å². The average Bonchev–Trinajstić information content (AvgIpc) is 1.58. The quantitative estimate of drug-likeness (QED) is 0.206. The molecule has 0 aromatic carbocycles. The molecule has 0 unspecified atom stereocenters. The molecule has 0 radical (unpaired) electrons. The van der Waals surface area contributed by atoms with Crippen molar-refractivity contribution in [3.8, 4) is 0 Å². The topological polar surface area (TPSA) is 111 Å². The van der Waals surface area contributed by atoms with Gasteiger partial charge < -0.3 is 5.73 Å². The lowest BCUT2D eigenvalue weighted by Gasteiger charge is -1.92. The molecule has 0 aromatic heterocycles. The first-order valence-corrected chi connectivity index (χ1v) is 2.28. The number of nitrogens with two attached hydrogens (primary N) is 1. The van der Waals surface area contributed by atoms with E-state index in [0.717, 1.165) is 0 Å². The summed E-state index contributed by atoms with van der Waals surface area (Å²) in [5.41, 5.74) is 4.85. The maximum Gasteiger partial charge on any atom is 0.272 e. The summed E-state index contributed by atoms with van der Waals surface area (Å²) in [4.78, 5) is 19.7. The van der Waals surface area contributed by atoms with Crippen LogP contribution in [-0.2, 0) is 4.79 Å². The highest BCUT2D eigenvalue weighted by molar-refractivity contribution is 5.94. The first-order valence-electron chi connectivity index (χ1n) is 2.28. The minimum Gasteiger partial charge on any atom is -0.364 e. The number of guanidine groups is 1. The zero-order valence-corrected chi connectivity index (χ0v) is 5.20. The Labute approximate surface area is 56.0 Å². The van der Waals surface area contributed by atoms with Gasteiger partial charge in [0.2, 0.25) is 5.91 Å². The highest BCUT2D eigenvalue weighted by atomic mass is 16.7. The van der Waals surface area contributed by atoms with Crippen LogP contribution in [0.25, 0.3) is 0 Å². The van der Waals surface area contributed by atoms with Crippen molar-refractivity contribution in [2.45, 2.75) is 6.92 Å². The molecule has 0 atom stereocenters. The van der Waals surface area contributed by atoms with Crippen molar-refractivity contribution in [3.05, 3.63) is 10.1 Å². The van der Waals surface area contributed by atoms with Crippen molar-refractivity contribution in [2.75, 3.05) is 0 Å². The molecule has 56 valence electrons. The lowest BCUT2D eigenvalue weighted by Crippen LogP contribution is -2.35. The summed E-state index contributed by atoms with van der Waals surface area (Å²) in [5, 5.41) is 13.1. The fourth-order valence-corrected chi connectivity index (χ4v) is 0.293. The van der Waals surface area contributed by atoms with Gasteiger partial charge in [-0.25, -0.2) is 10.1 Å². The Bertz CT molecular complexity index is 186. The Kier molecular flexibility index (Phi) is 2.82. The van der Waals surface area contributed by atoms with Crippen LogP contribution in [0.5, 0.6) is 0 Å². The molecule has 0 aliphatic rings. The molecule has 7 nitrogen and oxygen atoms in total. The lowest BCUT2D eigenvalue weighted by atomic mass is 10.7. The molecule has 0 saturated heterocycles. The Morgan fingerprint density at radius 2 is 2.30 bits per heavy atom. The van der Waals surface area contributed by atoms with Gasteiger partial charge in [0, 0.05) is 6.92 Å². The zero-order chi connectivity index (χ0) is 8.15. The molecule has 0 bridgehead atoms. The van der Waals surface area contributed by atoms with Gasteiger partial charge in [-0.2, -0.15) is 0 Å². The number of nitrogens with one attached hydrogen (secondary N) is 1. The van der Waals surface area contributed by atoms with Crippen molar-refractivity contribution in [3.63, 3.8) is 0 Å². The summed E-state index contributed by atoms with van der Waals surface area (Å²) in [6.07, 6.45) is 0. The second-order valence-corrected chi connectivity index (χ2v) is 1.40. The Morgan fingerprint density at radius 3 is 2.60 bits per heavy atom. The summed E-state index contributed by atoms with van der Waals surface area (Å²) in [6, 6.07) is 0. The van der Waals surface area contributed by atoms with Gasteiger partial charge in [0.15, 0.2) is 5.03 Å². The molecule has 10 heavy (non-hydrogen) atoms. The van der Waals surface area contributed by atoms with Gasteiger partial charge in [0.25, 0.3) is 5.96 Å². The average molecular weight is 146 g/mol. The molecule has 0 rings (SSSR count). The van der Waals surface area contributed by atoms with Crippen molar-refractivity contribution >= 4 is 11.9 Å². The van der Waals surface area contributed by atoms with Crippen LogP contribution >= 0.6 is 0 Å². The Balaban J connectivity index is 3.95. The van der Waals surface area contributed by atoms with E-state index in [1.807, 2.05) is 5.32 Å². The summed E-state index contributed by atoms with van der Waals surface area (Å²) in [7, 11) is 0. The SMILES string of the molecule is CC(=O)N/C(N)=N\[N+](=O)[O-]. The molecule has 0 aliphatic heterocycles. The predicted octanol–water partition coefficient (Wildman–Crippen LogP) is -1.37. The van der Waals surface area contributed by atoms with Gasteiger partial charge in [0.1, 0.15) is 5.10 Å². The molecular weight excluding hydrogens is 140 g/mol. The fourth-order valence-electron chi connectivity index (χ4n) is 0.293. The van der Waals surface area contributed by atoms with Gasteiger partial charge in [-0.3, -0.25) is 10.1 Å². The second-order valence-electron chi connectivity index (χ2n) is 1.40. The van der Waals surface area contributed by atoms with Crippen LogP contribution in [0.15, 0.2) is 5.10 Å².